The third-order valence-electron chi connectivity index (χ3n) is 7.69. The molecule has 1 fully saturated rings. The zero-order chi connectivity index (χ0) is 31.1. The number of nitrogens with one attached hydrogen (secondary N) is 2. The molecule has 6 rings (SSSR count). The van der Waals surface area contributed by atoms with E-state index in [0.717, 1.165) is 11.1 Å². The first kappa shape index (κ1) is 31.1. The van der Waals surface area contributed by atoms with Crippen LogP contribution in [0.4, 0.5) is 0 Å². The van der Waals surface area contributed by atoms with Gasteiger partial charge < -0.3 is 29.6 Å². The molecule has 2 N–H and O–H groups in total. The summed E-state index contributed by atoms with van der Waals surface area (Å²) in [6.07, 6.45) is 0.523. The van der Waals surface area contributed by atoms with Crippen molar-refractivity contribution in [1.29, 1.82) is 0 Å². The van der Waals surface area contributed by atoms with Crippen molar-refractivity contribution in [3.63, 3.8) is 0 Å². The van der Waals surface area contributed by atoms with Gasteiger partial charge in [-0.05, 0) is 41.8 Å². The van der Waals surface area contributed by atoms with Crippen molar-refractivity contribution < 1.29 is 37.0 Å². The molecule has 0 aromatic heterocycles. The zero-order valence-electron chi connectivity index (χ0n) is 24.8. The number of amides is 2. The molecule has 12 heteroatoms. The predicted octanol–water partition coefficient (Wildman–Crippen LogP) is 2.81. The summed E-state index contributed by atoms with van der Waals surface area (Å²) in [4.78, 5) is 25.8. The summed E-state index contributed by atoms with van der Waals surface area (Å²) < 4.78 is 51.4. The highest BCUT2D eigenvalue weighted by molar-refractivity contribution is 7.88. The highest BCUT2D eigenvalue weighted by Crippen LogP contribution is 2.30. The van der Waals surface area contributed by atoms with E-state index in [-0.39, 0.29) is 44.3 Å². The van der Waals surface area contributed by atoms with Crippen LogP contribution in [0.15, 0.2) is 66.7 Å². The minimum absolute atomic E-state index is 0.0334. The summed E-state index contributed by atoms with van der Waals surface area (Å²) in [6.45, 7) is 0.206. The van der Waals surface area contributed by atoms with Crippen LogP contribution >= 0.6 is 0 Å². The number of nitrogens with zero attached hydrogens (tertiary/aromatic N) is 1. The van der Waals surface area contributed by atoms with Crippen LogP contribution in [-0.2, 0) is 38.3 Å². The molecular formula is C32H37N3O8S. The maximum atomic E-state index is 13.4. The Bertz CT molecular complexity index is 1580. The Morgan fingerprint density at radius 3 is 2.50 bits per heavy atom. The Morgan fingerprint density at radius 1 is 0.932 bits per heavy atom. The van der Waals surface area contributed by atoms with E-state index >= 15 is 0 Å². The molecule has 3 aliphatic heterocycles. The number of hydrogen-bond donors (Lipinski definition) is 2. The van der Waals surface area contributed by atoms with Crippen LogP contribution in [0.3, 0.4) is 0 Å². The van der Waals surface area contributed by atoms with Gasteiger partial charge in [-0.25, -0.2) is 8.42 Å². The van der Waals surface area contributed by atoms with E-state index in [1.807, 2.05) is 18.2 Å². The van der Waals surface area contributed by atoms with Gasteiger partial charge in [0.2, 0.25) is 15.9 Å². The quantitative estimate of drug-likeness (QED) is 0.444. The first-order chi connectivity index (χ1) is 21.2. The number of fused-ring (bicyclic) bond motifs is 9. The van der Waals surface area contributed by atoms with Crippen molar-refractivity contribution >= 4 is 21.8 Å². The molecule has 0 aliphatic carbocycles. The highest BCUT2D eigenvalue weighted by Gasteiger charge is 2.37. The fourth-order valence-corrected chi connectivity index (χ4v) is 6.92. The number of sulfonamides is 1. The van der Waals surface area contributed by atoms with E-state index < -0.39 is 28.1 Å². The summed E-state index contributed by atoms with van der Waals surface area (Å²) in [5, 5.41) is 5.88. The van der Waals surface area contributed by atoms with Gasteiger partial charge in [-0.1, -0.05) is 36.4 Å². The number of piperidine rings is 1. The Balaban J connectivity index is 1.42. The van der Waals surface area contributed by atoms with Crippen LogP contribution in [0.5, 0.6) is 23.0 Å². The van der Waals surface area contributed by atoms with Gasteiger partial charge in [0.15, 0.2) is 18.1 Å². The third kappa shape index (κ3) is 7.80. The molecule has 4 bridgehead atoms. The van der Waals surface area contributed by atoms with Crippen molar-refractivity contribution in [2.75, 3.05) is 33.9 Å². The molecule has 2 amide bonds. The normalized spacial score (nSPS) is 20.0. The molecule has 1 saturated heterocycles. The SMILES string of the molecule is COc1cc2ccc1CNC(=O)CCc1ccc(OC)c(c1)OCC(=O)N[C@@H]1CN(S(=O)(=O)Cc3ccccc3)CC[C@@H]1O2. The maximum absolute atomic E-state index is 13.4. The smallest absolute Gasteiger partial charge is 0.258 e. The molecule has 11 nitrogen and oxygen atoms in total. The molecule has 3 aromatic rings. The number of benzene rings is 3. The number of carbonyl (C=O) groups excluding carboxylic acids is 2. The molecule has 2 atom stereocenters. The number of aryl methyl sites for hydroxylation is 1. The molecule has 0 spiro atoms. The van der Waals surface area contributed by atoms with Crippen LogP contribution in [0, 0.1) is 0 Å². The second-order valence-electron chi connectivity index (χ2n) is 10.7. The fraction of sp³-hybridized carbons (Fsp3) is 0.375. The second-order valence-corrected chi connectivity index (χ2v) is 12.7. The molecule has 0 saturated carbocycles. The minimum Gasteiger partial charge on any atom is -0.496 e. The number of hydrogen-bond acceptors (Lipinski definition) is 8. The fourth-order valence-electron chi connectivity index (χ4n) is 5.35. The lowest BCUT2D eigenvalue weighted by molar-refractivity contribution is -0.125. The van der Waals surface area contributed by atoms with E-state index in [0.29, 0.717) is 41.4 Å². The standard InChI is InChI=1S/C32H37N3O8S/c1-40-28-12-8-22-9-13-31(36)33-18-24-10-11-25(17-29(24)41-2)43-27-14-15-35(44(38,39)21-23-6-4-3-5-7-23)19-26(27)34-32(37)20-42-30(28)16-22/h3-8,10-12,16-17,26-27H,9,13-15,18-21H2,1-2H3,(H,33,36)(H,34,37)/t26-,27+/m1/s1. The van der Waals surface area contributed by atoms with Crippen molar-refractivity contribution in [1.82, 2.24) is 14.9 Å². The zero-order valence-corrected chi connectivity index (χ0v) is 25.6. The van der Waals surface area contributed by atoms with E-state index in [2.05, 4.69) is 10.6 Å². The summed E-state index contributed by atoms with van der Waals surface area (Å²) in [6, 6.07) is 19.0. The molecule has 3 aliphatic rings. The van der Waals surface area contributed by atoms with Gasteiger partial charge in [-0.3, -0.25) is 9.59 Å². The number of ether oxygens (including phenoxy) is 4. The summed E-state index contributed by atoms with van der Waals surface area (Å²) in [7, 11) is -0.623. The molecular weight excluding hydrogens is 586 g/mol. The van der Waals surface area contributed by atoms with Gasteiger partial charge in [-0.15, -0.1) is 0 Å². The number of rotatable bonds is 5. The molecule has 234 valence electrons. The molecule has 0 unspecified atom stereocenters. The van der Waals surface area contributed by atoms with Crippen molar-refractivity contribution in [3.05, 3.63) is 83.4 Å². The number of methoxy groups -OCH3 is 2. The lowest BCUT2D eigenvalue weighted by Crippen LogP contribution is -2.58. The average molecular weight is 624 g/mol. The van der Waals surface area contributed by atoms with Crippen LogP contribution in [-0.4, -0.2) is 70.6 Å². The Labute approximate surface area is 257 Å². The van der Waals surface area contributed by atoms with E-state index in [1.165, 1.54) is 11.4 Å². The largest absolute Gasteiger partial charge is 0.496 e. The molecule has 3 heterocycles. The summed E-state index contributed by atoms with van der Waals surface area (Å²) in [5.41, 5.74) is 2.30. The first-order valence-electron chi connectivity index (χ1n) is 14.4. The molecule has 3 aromatic carbocycles. The topological polar surface area (TPSA) is 132 Å². The summed E-state index contributed by atoms with van der Waals surface area (Å²) in [5.74, 6) is 1.14. The Morgan fingerprint density at radius 2 is 1.73 bits per heavy atom. The Hall–Kier alpha value is -4.29. The number of carbonyl (C=O) groups is 2. The second kappa shape index (κ2) is 14.0. The van der Waals surface area contributed by atoms with Crippen molar-refractivity contribution in [2.24, 2.45) is 0 Å². The molecule has 44 heavy (non-hydrogen) atoms. The van der Waals surface area contributed by atoms with Crippen LogP contribution in [0.25, 0.3) is 0 Å². The average Bonchev–Trinajstić information content (AvgIpc) is 3.02. The van der Waals surface area contributed by atoms with Gasteiger partial charge in [0.1, 0.15) is 17.6 Å². The lowest BCUT2D eigenvalue weighted by atomic mass is 10.0. The minimum atomic E-state index is -3.67. The van der Waals surface area contributed by atoms with Gasteiger partial charge in [0.25, 0.3) is 5.91 Å². The van der Waals surface area contributed by atoms with E-state index in [4.69, 9.17) is 18.9 Å². The van der Waals surface area contributed by atoms with Gasteiger partial charge in [0, 0.05) is 44.1 Å². The maximum Gasteiger partial charge on any atom is 0.258 e. The van der Waals surface area contributed by atoms with Gasteiger partial charge >= 0.3 is 0 Å². The van der Waals surface area contributed by atoms with E-state index in [1.54, 1.807) is 55.6 Å². The molecule has 0 radical (unpaired) electrons. The predicted molar refractivity (Wildman–Crippen MR) is 163 cm³/mol. The van der Waals surface area contributed by atoms with Gasteiger partial charge in [0.05, 0.1) is 26.0 Å². The van der Waals surface area contributed by atoms with Gasteiger partial charge in [-0.2, -0.15) is 4.31 Å². The van der Waals surface area contributed by atoms with Crippen molar-refractivity contribution in [3.8, 4) is 23.0 Å². The first-order valence-corrected chi connectivity index (χ1v) is 16.1. The van der Waals surface area contributed by atoms with Crippen LogP contribution in [0.1, 0.15) is 29.5 Å². The highest BCUT2D eigenvalue weighted by atomic mass is 32.2. The van der Waals surface area contributed by atoms with Crippen molar-refractivity contribution in [2.45, 2.75) is 43.7 Å². The monoisotopic (exact) mass is 623 g/mol. The Kier molecular flexibility index (Phi) is 9.91. The lowest BCUT2D eigenvalue weighted by Gasteiger charge is -2.38. The summed E-state index contributed by atoms with van der Waals surface area (Å²) >= 11 is 0. The van der Waals surface area contributed by atoms with Crippen LogP contribution < -0.4 is 29.6 Å². The van der Waals surface area contributed by atoms with Crippen LogP contribution in [0.2, 0.25) is 0 Å². The third-order valence-corrected chi connectivity index (χ3v) is 9.51. The van der Waals surface area contributed by atoms with E-state index in [9.17, 15) is 18.0 Å².